The van der Waals surface area contributed by atoms with Crippen LogP contribution in [-0.2, 0) is 23.1 Å². The smallest absolute Gasteiger partial charge is 0.223 e. The van der Waals surface area contributed by atoms with Crippen LogP contribution >= 0.6 is 0 Å². The fourth-order valence-corrected chi connectivity index (χ4v) is 1.75. The van der Waals surface area contributed by atoms with Crippen LogP contribution in [0.4, 0.5) is 0 Å². The first-order valence-corrected chi connectivity index (χ1v) is 6.17. The molecule has 6 nitrogen and oxygen atoms in total. The Bertz CT molecular complexity index is 437. The van der Waals surface area contributed by atoms with E-state index >= 15 is 0 Å². The van der Waals surface area contributed by atoms with Crippen LogP contribution in [0.15, 0.2) is 17.1 Å². The first kappa shape index (κ1) is 15.7. The monoisotopic (exact) mass is 270 g/mol. The number of aryl methyl sites for hydroxylation is 1. The summed E-state index contributed by atoms with van der Waals surface area (Å²) in [6, 6.07) is 1.46. The van der Waals surface area contributed by atoms with Gasteiger partial charge in [-0.3, -0.25) is 9.69 Å². The molecule has 0 spiro atoms. The van der Waals surface area contributed by atoms with Crippen LogP contribution in [0.5, 0.6) is 5.75 Å². The van der Waals surface area contributed by atoms with Crippen molar-refractivity contribution in [3.63, 3.8) is 0 Å². The van der Waals surface area contributed by atoms with Crippen LogP contribution in [0.1, 0.15) is 5.69 Å². The van der Waals surface area contributed by atoms with E-state index < -0.39 is 0 Å². The topological polar surface area (TPSA) is 63.9 Å². The van der Waals surface area contributed by atoms with Gasteiger partial charge in [0.15, 0.2) is 5.75 Å². The molecule has 0 unspecified atom stereocenters. The molecular weight excluding hydrogens is 248 g/mol. The third kappa shape index (κ3) is 5.02. The molecule has 0 bridgehead atoms. The summed E-state index contributed by atoms with van der Waals surface area (Å²) in [6.45, 7) is 3.37. The lowest BCUT2D eigenvalue weighted by Gasteiger charge is -2.22. The summed E-state index contributed by atoms with van der Waals surface area (Å²) in [5, 5.41) is 9.35. The summed E-state index contributed by atoms with van der Waals surface area (Å²) in [5.41, 5.74) is 0.488. The maximum atomic E-state index is 11.5. The van der Waals surface area contributed by atoms with Gasteiger partial charge >= 0.3 is 0 Å². The van der Waals surface area contributed by atoms with Crippen molar-refractivity contribution >= 4 is 0 Å². The molecule has 1 aromatic heterocycles. The molecule has 1 rings (SSSR count). The van der Waals surface area contributed by atoms with E-state index in [1.807, 2.05) is 0 Å². The molecule has 0 fully saturated rings. The Hall–Kier alpha value is -1.37. The Morgan fingerprint density at radius 2 is 1.84 bits per heavy atom. The van der Waals surface area contributed by atoms with Crippen LogP contribution in [0.25, 0.3) is 0 Å². The van der Waals surface area contributed by atoms with Crippen LogP contribution in [0.2, 0.25) is 0 Å². The molecule has 0 aliphatic rings. The number of aromatic hydroxyl groups is 1. The second-order valence-corrected chi connectivity index (χ2v) is 4.39. The summed E-state index contributed by atoms with van der Waals surface area (Å²) >= 11 is 0. The number of ether oxygens (including phenoxy) is 2. The van der Waals surface area contributed by atoms with Gasteiger partial charge in [-0.2, -0.15) is 0 Å². The fraction of sp³-hybridized carbons (Fsp3) is 0.615. The highest BCUT2D eigenvalue weighted by atomic mass is 16.5. The number of hydrogen-bond acceptors (Lipinski definition) is 5. The number of pyridine rings is 1. The van der Waals surface area contributed by atoms with Crippen LogP contribution in [0, 0.1) is 0 Å². The van der Waals surface area contributed by atoms with E-state index in [0.29, 0.717) is 19.8 Å². The van der Waals surface area contributed by atoms with E-state index in [9.17, 15) is 9.90 Å². The maximum absolute atomic E-state index is 11.5. The van der Waals surface area contributed by atoms with Crippen molar-refractivity contribution in [3.05, 3.63) is 28.2 Å². The maximum Gasteiger partial charge on any atom is 0.223 e. The van der Waals surface area contributed by atoms with Gasteiger partial charge in [0, 0.05) is 58.9 Å². The Balaban J connectivity index is 2.76. The van der Waals surface area contributed by atoms with Gasteiger partial charge in [0.05, 0.1) is 13.2 Å². The van der Waals surface area contributed by atoms with Crippen molar-refractivity contribution < 1.29 is 14.6 Å². The first-order chi connectivity index (χ1) is 9.08. The van der Waals surface area contributed by atoms with Crippen molar-refractivity contribution in [1.29, 1.82) is 0 Å². The molecule has 0 amide bonds. The van der Waals surface area contributed by atoms with Gasteiger partial charge in [-0.25, -0.2) is 0 Å². The molecular formula is C13H22N2O4. The number of methoxy groups -OCH3 is 2. The zero-order valence-electron chi connectivity index (χ0n) is 11.8. The van der Waals surface area contributed by atoms with E-state index in [1.165, 1.54) is 12.3 Å². The highest BCUT2D eigenvalue weighted by Crippen LogP contribution is 2.06. The van der Waals surface area contributed by atoms with E-state index in [-0.39, 0.29) is 11.2 Å². The molecule has 1 heterocycles. The zero-order valence-corrected chi connectivity index (χ0v) is 11.8. The number of hydrogen-bond donors (Lipinski definition) is 1. The van der Waals surface area contributed by atoms with Crippen molar-refractivity contribution in [2.45, 2.75) is 6.54 Å². The normalized spacial score (nSPS) is 11.2. The van der Waals surface area contributed by atoms with Crippen LogP contribution in [-0.4, -0.2) is 55.1 Å². The first-order valence-electron chi connectivity index (χ1n) is 6.17. The predicted octanol–water partition coefficient (Wildman–Crippen LogP) is 0.186. The fourth-order valence-electron chi connectivity index (χ4n) is 1.75. The van der Waals surface area contributed by atoms with E-state index in [2.05, 4.69) is 4.90 Å². The van der Waals surface area contributed by atoms with Crippen molar-refractivity contribution in [2.24, 2.45) is 7.05 Å². The minimum Gasteiger partial charge on any atom is -0.503 e. The predicted molar refractivity (Wildman–Crippen MR) is 72.4 cm³/mol. The minimum atomic E-state index is -0.355. The highest BCUT2D eigenvalue weighted by molar-refractivity contribution is 5.20. The van der Waals surface area contributed by atoms with Crippen LogP contribution < -0.4 is 5.43 Å². The lowest BCUT2D eigenvalue weighted by Crippen LogP contribution is -2.31. The van der Waals surface area contributed by atoms with Gasteiger partial charge in [-0.05, 0) is 0 Å². The molecule has 6 heteroatoms. The van der Waals surface area contributed by atoms with Gasteiger partial charge in [0.25, 0.3) is 0 Å². The van der Waals surface area contributed by atoms with Gasteiger partial charge in [-0.1, -0.05) is 0 Å². The average Bonchev–Trinajstić information content (AvgIpc) is 2.38. The zero-order chi connectivity index (χ0) is 14.3. The van der Waals surface area contributed by atoms with E-state index in [0.717, 1.165) is 18.8 Å². The summed E-state index contributed by atoms with van der Waals surface area (Å²) in [5.74, 6) is -0.230. The molecule has 108 valence electrons. The SMILES string of the molecule is COCCN(CCOC)Cc1cc(=O)c(O)cn1C. The molecule has 0 aliphatic carbocycles. The molecule has 0 aromatic carbocycles. The van der Waals surface area contributed by atoms with Gasteiger partial charge in [0.1, 0.15) is 0 Å². The Morgan fingerprint density at radius 3 is 2.37 bits per heavy atom. The molecule has 19 heavy (non-hydrogen) atoms. The lowest BCUT2D eigenvalue weighted by molar-refractivity contribution is 0.109. The lowest BCUT2D eigenvalue weighted by atomic mass is 10.3. The molecule has 0 saturated carbocycles. The third-order valence-corrected chi connectivity index (χ3v) is 2.93. The molecule has 0 atom stereocenters. The summed E-state index contributed by atoms with van der Waals surface area (Å²) in [6.07, 6.45) is 1.43. The standard InChI is InChI=1S/C13H22N2O4/c1-14-10-13(17)12(16)8-11(14)9-15(4-6-18-2)5-7-19-3/h8,10,17H,4-7,9H2,1-3H3. The second kappa shape index (κ2) is 7.93. The van der Waals surface area contributed by atoms with E-state index in [4.69, 9.17) is 9.47 Å². The Labute approximate surface area is 113 Å². The van der Waals surface area contributed by atoms with Crippen LogP contribution in [0.3, 0.4) is 0 Å². The van der Waals surface area contributed by atoms with Crippen molar-refractivity contribution in [2.75, 3.05) is 40.5 Å². The summed E-state index contributed by atoms with van der Waals surface area (Å²) in [4.78, 5) is 13.6. The number of aromatic nitrogens is 1. The van der Waals surface area contributed by atoms with Crippen molar-refractivity contribution in [1.82, 2.24) is 9.47 Å². The highest BCUT2D eigenvalue weighted by Gasteiger charge is 2.09. The molecule has 0 aliphatic heterocycles. The van der Waals surface area contributed by atoms with Crippen molar-refractivity contribution in [3.8, 4) is 5.75 Å². The molecule has 0 radical (unpaired) electrons. The Kier molecular flexibility index (Phi) is 6.55. The third-order valence-electron chi connectivity index (χ3n) is 2.93. The van der Waals surface area contributed by atoms with Gasteiger partial charge in [-0.15, -0.1) is 0 Å². The molecule has 0 saturated heterocycles. The van der Waals surface area contributed by atoms with E-state index in [1.54, 1.807) is 25.8 Å². The quantitative estimate of drug-likeness (QED) is 0.730. The summed E-state index contributed by atoms with van der Waals surface area (Å²) in [7, 11) is 5.12. The molecule has 1 N–H and O–H groups in total. The summed E-state index contributed by atoms with van der Waals surface area (Å²) < 4.78 is 11.9. The number of nitrogens with zero attached hydrogens (tertiary/aromatic N) is 2. The van der Waals surface area contributed by atoms with Gasteiger partial charge < -0.3 is 19.1 Å². The largest absolute Gasteiger partial charge is 0.503 e. The minimum absolute atomic E-state index is 0.230. The Morgan fingerprint density at radius 1 is 1.26 bits per heavy atom. The second-order valence-electron chi connectivity index (χ2n) is 4.39. The average molecular weight is 270 g/mol. The van der Waals surface area contributed by atoms with Gasteiger partial charge in [0.2, 0.25) is 5.43 Å². The number of rotatable bonds is 8. The molecule has 1 aromatic rings.